The van der Waals surface area contributed by atoms with Crippen LogP contribution in [0.15, 0.2) is 24.3 Å². The van der Waals surface area contributed by atoms with Crippen molar-refractivity contribution in [3.63, 3.8) is 0 Å². The Balaban J connectivity index is 2.47. The number of rotatable bonds is 5. The lowest BCUT2D eigenvalue weighted by Crippen LogP contribution is -2.33. The molecule has 1 atom stereocenters. The summed E-state index contributed by atoms with van der Waals surface area (Å²) in [4.78, 5) is 2.02. The number of aliphatic hydroxyl groups excluding tert-OH is 1. The monoisotopic (exact) mass is 228 g/mol. The highest BCUT2D eigenvalue weighted by atomic mass is 35.5. The molecule has 1 rings (SSSR count). The summed E-state index contributed by atoms with van der Waals surface area (Å²) in [6.07, 6.45) is -0.464. The van der Waals surface area contributed by atoms with Crippen LogP contribution < -0.4 is 5.73 Å². The zero-order valence-corrected chi connectivity index (χ0v) is 9.61. The molecule has 0 bridgehead atoms. The van der Waals surface area contributed by atoms with Gasteiger partial charge in [0.25, 0.3) is 0 Å². The van der Waals surface area contributed by atoms with E-state index in [1.165, 1.54) is 0 Å². The second kappa shape index (κ2) is 6.08. The van der Waals surface area contributed by atoms with E-state index in [0.717, 1.165) is 17.1 Å². The average Bonchev–Trinajstić information content (AvgIpc) is 2.17. The third kappa shape index (κ3) is 4.62. The van der Waals surface area contributed by atoms with E-state index in [-0.39, 0.29) is 0 Å². The Labute approximate surface area is 95.5 Å². The highest BCUT2D eigenvalue weighted by Crippen LogP contribution is 2.12. The van der Waals surface area contributed by atoms with Crippen LogP contribution in [-0.2, 0) is 6.54 Å². The number of nitrogens with zero attached hydrogens (tertiary/aromatic N) is 1. The summed E-state index contributed by atoms with van der Waals surface area (Å²) in [6.45, 7) is 1.63. The number of aliphatic hydroxyl groups is 1. The van der Waals surface area contributed by atoms with Gasteiger partial charge in [-0.05, 0) is 24.7 Å². The van der Waals surface area contributed by atoms with E-state index in [4.69, 9.17) is 17.3 Å². The minimum absolute atomic E-state index is 0.292. The quantitative estimate of drug-likeness (QED) is 0.794. The number of likely N-dealkylation sites (N-methyl/N-ethyl adjacent to an activating group) is 1. The summed E-state index contributed by atoms with van der Waals surface area (Å²) in [7, 11) is 1.94. The second-order valence-electron chi connectivity index (χ2n) is 3.72. The first-order valence-electron chi connectivity index (χ1n) is 4.93. The summed E-state index contributed by atoms with van der Waals surface area (Å²) in [6, 6.07) is 7.70. The first-order chi connectivity index (χ1) is 7.11. The molecule has 0 fully saturated rings. The van der Waals surface area contributed by atoms with Gasteiger partial charge in [-0.15, -0.1) is 0 Å². The summed E-state index contributed by atoms with van der Waals surface area (Å²) in [5.74, 6) is 0. The molecule has 0 aliphatic heterocycles. The van der Waals surface area contributed by atoms with Gasteiger partial charge >= 0.3 is 0 Å². The van der Waals surface area contributed by atoms with Gasteiger partial charge in [0, 0.05) is 24.7 Å². The normalized spacial score (nSPS) is 13.1. The van der Waals surface area contributed by atoms with Crippen LogP contribution in [0.5, 0.6) is 0 Å². The van der Waals surface area contributed by atoms with Crippen LogP contribution in [0.4, 0.5) is 0 Å². The molecule has 3 N–H and O–H groups in total. The first-order valence-corrected chi connectivity index (χ1v) is 5.30. The van der Waals surface area contributed by atoms with Crippen molar-refractivity contribution >= 4 is 11.6 Å². The molecule has 0 spiro atoms. The predicted molar refractivity (Wildman–Crippen MR) is 62.8 cm³/mol. The maximum Gasteiger partial charge on any atom is 0.0789 e. The first kappa shape index (κ1) is 12.5. The Morgan fingerprint density at radius 2 is 2.27 bits per heavy atom. The summed E-state index contributed by atoms with van der Waals surface area (Å²) in [5, 5.41) is 10.1. The minimum Gasteiger partial charge on any atom is -0.390 e. The molecule has 4 heteroatoms. The third-order valence-corrected chi connectivity index (χ3v) is 2.37. The zero-order chi connectivity index (χ0) is 11.3. The van der Waals surface area contributed by atoms with Crippen molar-refractivity contribution in [1.82, 2.24) is 4.90 Å². The van der Waals surface area contributed by atoms with E-state index in [1.54, 1.807) is 0 Å². The molecule has 1 aromatic carbocycles. The third-order valence-electron chi connectivity index (χ3n) is 2.14. The molecule has 84 valence electrons. The molecule has 3 nitrogen and oxygen atoms in total. The summed E-state index contributed by atoms with van der Waals surface area (Å²) >= 11 is 5.87. The van der Waals surface area contributed by atoms with Gasteiger partial charge in [0.2, 0.25) is 0 Å². The van der Waals surface area contributed by atoms with E-state index in [2.05, 4.69) is 0 Å². The van der Waals surface area contributed by atoms with Crippen molar-refractivity contribution in [1.29, 1.82) is 0 Å². The Kier molecular flexibility index (Phi) is 5.05. The average molecular weight is 229 g/mol. The number of nitrogens with two attached hydrogens (primary N) is 1. The van der Waals surface area contributed by atoms with E-state index >= 15 is 0 Å². The Bertz CT molecular complexity index is 306. The maximum atomic E-state index is 9.37. The molecule has 0 aromatic heterocycles. The number of hydrogen-bond acceptors (Lipinski definition) is 3. The number of halogens is 1. The molecule has 0 saturated heterocycles. The summed E-state index contributed by atoms with van der Waals surface area (Å²) in [5.41, 5.74) is 6.47. The SMILES string of the molecule is CN(Cc1cccc(Cl)c1)CC(O)CN. The van der Waals surface area contributed by atoms with Gasteiger partial charge in [-0.3, -0.25) is 4.90 Å². The van der Waals surface area contributed by atoms with Crippen LogP contribution in [0.3, 0.4) is 0 Å². The highest BCUT2D eigenvalue weighted by molar-refractivity contribution is 6.30. The smallest absolute Gasteiger partial charge is 0.0789 e. The van der Waals surface area contributed by atoms with E-state index < -0.39 is 6.10 Å². The Morgan fingerprint density at radius 3 is 2.87 bits per heavy atom. The molecule has 1 aromatic rings. The minimum atomic E-state index is -0.464. The fourth-order valence-electron chi connectivity index (χ4n) is 1.45. The molecule has 15 heavy (non-hydrogen) atoms. The summed E-state index contributed by atoms with van der Waals surface area (Å²) < 4.78 is 0. The van der Waals surface area contributed by atoms with Crippen molar-refractivity contribution in [3.05, 3.63) is 34.9 Å². The fourth-order valence-corrected chi connectivity index (χ4v) is 1.66. The second-order valence-corrected chi connectivity index (χ2v) is 4.15. The van der Waals surface area contributed by atoms with Gasteiger partial charge in [-0.2, -0.15) is 0 Å². The standard InChI is InChI=1S/C11H17ClN2O/c1-14(8-11(15)6-13)7-9-3-2-4-10(12)5-9/h2-5,11,15H,6-8,13H2,1H3. The molecule has 0 aliphatic carbocycles. The maximum absolute atomic E-state index is 9.37. The van der Waals surface area contributed by atoms with Crippen molar-refractivity contribution < 1.29 is 5.11 Å². The van der Waals surface area contributed by atoms with Gasteiger partial charge in [0.05, 0.1) is 6.10 Å². The van der Waals surface area contributed by atoms with Crippen molar-refractivity contribution in [3.8, 4) is 0 Å². The van der Waals surface area contributed by atoms with Crippen LogP contribution in [0.1, 0.15) is 5.56 Å². The van der Waals surface area contributed by atoms with Gasteiger partial charge in [-0.25, -0.2) is 0 Å². The Hall–Kier alpha value is -0.610. The van der Waals surface area contributed by atoms with Crippen LogP contribution in [0.25, 0.3) is 0 Å². The lowest BCUT2D eigenvalue weighted by atomic mass is 10.2. The van der Waals surface area contributed by atoms with Crippen molar-refractivity contribution in [2.75, 3.05) is 20.1 Å². The zero-order valence-electron chi connectivity index (χ0n) is 8.86. The lowest BCUT2D eigenvalue weighted by molar-refractivity contribution is 0.129. The molecular weight excluding hydrogens is 212 g/mol. The highest BCUT2D eigenvalue weighted by Gasteiger charge is 2.06. The van der Waals surface area contributed by atoms with E-state index in [9.17, 15) is 5.11 Å². The van der Waals surface area contributed by atoms with E-state index in [0.29, 0.717) is 13.1 Å². The predicted octanol–water partition coefficient (Wildman–Crippen LogP) is 1.09. The Morgan fingerprint density at radius 1 is 1.53 bits per heavy atom. The molecule has 0 amide bonds. The molecule has 0 aliphatic rings. The number of benzene rings is 1. The van der Waals surface area contributed by atoms with Crippen molar-refractivity contribution in [2.45, 2.75) is 12.6 Å². The van der Waals surface area contributed by atoms with Gasteiger partial charge in [0.1, 0.15) is 0 Å². The van der Waals surface area contributed by atoms with Crippen LogP contribution in [0, 0.1) is 0 Å². The fraction of sp³-hybridized carbons (Fsp3) is 0.455. The topological polar surface area (TPSA) is 49.5 Å². The van der Waals surface area contributed by atoms with E-state index in [1.807, 2.05) is 36.2 Å². The molecule has 0 radical (unpaired) electrons. The van der Waals surface area contributed by atoms with Gasteiger partial charge in [0.15, 0.2) is 0 Å². The molecule has 0 heterocycles. The van der Waals surface area contributed by atoms with Gasteiger partial charge < -0.3 is 10.8 Å². The number of hydrogen-bond donors (Lipinski definition) is 2. The van der Waals surface area contributed by atoms with Crippen molar-refractivity contribution in [2.24, 2.45) is 5.73 Å². The van der Waals surface area contributed by atoms with Crippen LogP contribution in [0.2, 0.25) is 5.02 Å². The molecule has 0 saturated carbocycles. The molecular formula is C11H17ClN2O. The molecule has 1 unspecified atom stereocenters. The largest absolute Gasteiger partial charge is 0.390 e. The van der Waals surface area contributed by atoms with Gasteiger partial charge in [-0.1, -0.05) is 23.7 Å². The van der Waals surface area contributed by atoms with Crippen LogP contribution in [-0.4, -0.2) is 36.2 Å². The lowest BCUT2D eigenvalue weighted by Gasteiger charge is -2.19. The van der Waals surface area contributed by atoms with Crippen LogP contribution >= 0.6 is 11.6 Å².